The summed E-state index contributed by atoms with van der Waals surface area (Å²) >= 11 is 1.58. The van der Waals surface area contributed by atoms with E-state index in [9.17, 15) is 32.7 Å². The van der Waals surface area contributed by atoms with Gasteiger partial charge in [0, 0.05) is 70.2 Å². The number of benzene rings is 2. The molecule has 0 saturated carbocycles. The number of unbranched alkanes of at least 4 members (excludes halogenated alkanes) is 7. The van der Waals surface area contributed by atoms with Crippen LogP contribution in [0, 0.1) is 12.3 Å². The quantitative estimate of drug-likeness (QED) is 0.0509. The fourth-order valence-electron chi connectivity index (χ4n) is 8.84. The fraction of sp³-hybridized carbons (Fsp3) is 0.529. The molecule has 4 atom stereocenters. The Morgan fingerprint density at radius 1 is 0.870 bits per heavy atom. The summed E-state index contributed by atoms with van der Waals surface area (Å²) in [5.41, 5.74) is 5.51. The van der Waals surface area contributed by atoms with Gasteiger partial charge in [-0.05, 0) is 85.7 Å². The first-order chi connectivity index (χ1) is 33.0. The molecule has 18 heteroatoms. The van der Waals surface area contributed by atoms with Crippen LogP contribution in [0.5, 0.6) is 0 Å². The van der Waals surface area contributed by atoms with Gasteiger partial charge in [-0.1, -0.05) is 89.6 Å². The largest absolute Gasteiger partial charge is 0.391 e. The minimum absolute atomic E-state index is 0.0239. The Labute approximate surface area is 412 Å². The number of hydrogen-bond donors (Lipinski definition) is 5. The molecule has 5 amide bonds. The summed E-state index contributed by atoms with van der Waals surface area (Å²) in [5.74, 6) is -0.903. The highest BCUT2D eigenvalue weighted by Gasteiger charge is 2.44. The van der Waals surface area contributed by atoms with Crippen molar-refractivity contribution in [1.29, 1.82) is 0 Å². The summed E-state index contributed by atoms with van der Waals surface area (Å²) in [6.45, 7) is 13.0. The van der Waals surface area contributed by atoms with E-state index in [-0.39, 0.29) is 41.6 Å². The van der Waals surface area contributed by atoms with Crippen LogP contribution < -0.4 is 21.3 Å². The van der Waals surface area contributed by atoms with Crippen molar-refractivity contribution in [1.82, 2.24) is 40.0 Å². The van der Waals surface area contributed by atoms with Crippen molar-refractivity contribution in [3.63, 3.8) is 0 Å². The number of piperazine rings is 1. The van der Waals surface area contributed by atoms with Crippen LogP contribution in [0.3, 0.4) is 0 Å². The van der Waals surface area contributed by atoms with Gasteiger partial charge >= 0.3 is 6.03 Å². The molecule has 374 valence electrons. The number of thiazole rings is 1. The van der Waals surface area contributed by atoms with Crippen molar-refractivity contribution in [3.05, 3.63) is 95.4 Å². The second kappa shape index (κ2) is 25.0. The summed E-state index contributed by atoms with van der Waals surface area (Å²) in [6.07, 6.45) is 11.0. The molecule has 69 heavy (non-hydrogen) atoms. The standard InChI is InChI=1S/C51H71N9O7S2/c1-36(39-17-19-40(20-18-39)46-37(2)54-35-68-46)55-48(63)44-31-42(61)34-60(44)49(64)47(51(3,4)5)57-45(62)16-12-10-8-6-7-9-11-13-26-58-27-29-59(30-28-58)69(66,67)43-23-21-41(22-24-43)56-50(65)53-33-38-15-14-25-52-32-38/h14-15,17-25,32,35-36,42,44,47,61H,6-13,16,26-31,33-34H2,1-5H3,(H,55,63)(H,57,62)(H2,53,56,65)/t36-,42+,44-,47+/m0/s1. The highest BCUT2D eigenvalue weighted by molar-refractivity contribution is 7.89. The van der Waals surface area contributed by atoms with Crippen LogP contribution in [0.2, 0.25) is 0 Å². The second-order valence-corrected chi connectivity index (χ2v) is 22.2. The van der Waals surface area contributed by atoms with E-state index in [1.165, 1.54) is 21.3 Å². The van der Waals surface area contributed by atoms with Crippen LogP contribution in [-0.2, 0) is 31.0 Å². The number of nitrogens with one attached hydrogen (secondary N) is 4. The summed E-state index contributed by atoms with van der Waals surface area (Å²) in [7, 11) is -3.65. The van der Waals surface area contributed by atoms with Crippen molar-refractivity contribution in [2.45, 2.75) is 134 Å². The van der Waals surface area contributed by atoms with Crippen LogP contribution in [-0.4, -0.2) is 119 Å². The van der Waals surface area contributed by atoms with Crippen molar-refractivity contribution < 1.29 is 32.7 Å². The number of β-amino-alcohol motifs (C(OH)–C–C–N with tert-alkyl or cyclic N) is 1. The molecule has 0 aliphatic carbocycles. The first kappa shape index (κ1) is 53.1. The Kier molecular flexibility index (Phi) is 19.3. The number of carbonyl (C=O) groups is 4. The number of urea groups is 1. The van der Waals surface area contributed by atoms with Gasteiger partial charge in [-0.2, -0.15) is 4.31 Å². The predicted octanol–water partition coefficient (Wildman–Crippen LogP) is 7.02. The SMILES string of the molecule is Cc1ncsc1-c1ccc([C@H](C)NC(=O)[C@@H]2C[C@@H](O)CN2C(=O)[C@@H](NC(=O)CCCCCCCCCCN2CCN(S(=O)(=O)c3ccc(NC(=O)NCc4cccnc4)cc3)CC2)C(C)(C)C)cc1. The van der Waals surface area contributed by atoms with Crippen molar-refractivity contribution in [3.8, 4) is 10.4 Å². The summed E-state index contributed by atoms with van der Waals surface area (Å²) in [4.78, 5) is 66.7. The van der Waals surface area contributed by atoms with E-state index >= 15 is 0 Å². The highest BCUT2D eigenvalue weighted by atomic mass is 32.2. The lowest BCUT2D eigenvalue weighted by molar-refractivity contribution is -0.144. The number of rotatable bonds is 22. The lowest BCUT2D eigenvalue weighted by atomic mass is 9.85. The first-order valence-corrected chi connectivity index (χ1v) is 26.7. The van der Waals surface area contributed by atoms with Crippen molar-refractivity contribution >= 4 is 50.8 Å². The van der Waals surface area contributed by atoms with Gasteiger partial charge in [-0.25, -0.2) is 18.2 Å². The van der Waals surface area contributed by atoms with Gasteiger partial charge in [0.05, 0.1) is 33.1 Å². The predicted molar refractivity (Wildman–Crippen MR) is 270 cm³/mol. The number of sulfonamides is 1. The number of aliphatic hydroxyl groups excluding tert-OH is 1. The average molecular weight is 986 g/mol. The molecule has 0 unspecified atom stereocenters. The Hall–Kier alpha value is -5.27. The molecule has 2 saturated heterocycles. The second-order valence-electron chi connectivity index (χ2n) is 19.4. The lowest BCUT2D eigenvalue weighted by Crippen LogP contribution is -2.57. The van der Waals surface area contributed by atoms with Gasteiger partial charge in [0.15, 0.2) is 0 Å². The van der Waals surface area contributed by atoms with Crippen LogP contribution in [0.1, 0.15) is 115 Å². The van der Waals surface area contributed by atoms with Gasteiger partial charge in [-0.3, -0.25) is 19.4 Å². The number of likely N-dealkylation sites (tertiary alicyclic amines) is 1. The summed E-state index contributed by atoms with van der Waals surface area (Å²) < 4.78 is 28.3. The Balaban J connectivity index is 0.825. The van der Waals surface area contributed by atoms with Gasteiger partial charge in [0.2, 0.25) is 27.7 Å². The molecule has 4 aromatic rings. The lowest BCUT2D eigenvalue weighted by Gasteiger charge is -2.35. The van der Waals surface area contributed by atoms with E-state index in [0.717, 1.165) is 78.8 Å². The number of anilines is 1. The van der Waals surface area contributed by atoms with E-state index < -0.39 is 39.7 Å². The van der Waals surface area contributed by atoms with Gasteiger partial charge < -0.3 is 36.2 Å². The van der Waals surface area contributed by atoms with E-state index in [0.29, 0.717) is 51.3 Å². The number of aliphatic hydroxyl groups is 1. The molecule has 0 bridgehead atoms. The molecule has 0 radical (unpaired) electrons. The maximum absolute atomic E-state index is 14.1. The number of carbonyl (C=O) groups excluding carboxylic acids is 4. The molecular formula is C51H71N9O7S2. The Morgan fingerprint density at radius 3 is 2.16 bits per heavy atom. The maximum Gasteiger partial charge on any atom is 0.319 e. The number of aryl methyl sites for hydroxylation is 1. The zero-order valence-corrected chi connectivity index (χ0v) is 42.4. The van der Waals surface area contributed by atoms with Gasteiger partial charge in [-0.15, -0.1) is 11.3 Å². The van der Waals surface area contributed by atoms with Crippen LogP contribution in [0.25, 0.3) is 10.4 Å². The van der Waals surface area contributed by atoms with E-state index in [1.807, 2.05) is 70.5 Å². The zero-order valence-electron chi connectivity index (χ0n) is 40.8. The molecule has 6 rings (SSSR count). The minimum Gasteiger partial charge on any atom is -0.391 e. The molecule has 2 aromatic heterocycles. The van der Waals surface area contributed by atoms with Gasteiger partial charge in [0.1, 0.15) is 12.1 Å². The Bertz CT molecular complexity index is 2400. The third kappa shape index (κ3) is 15.4. The summed E-state index contributed by atoms with van der Waals surface area (Å²) in [6, 6.07) is 15.5. The Morgan fingerprint density at radius 2 is 1.54 bits per heavy atom. The highest BCUT2D eigenvalue weighted by Crippen LogP contribution is 2.30. The molecule has 0 spiro atoms. The van der Waals surface area contributed by atoms with E-state index in [4.69, 9.17) is 0 Å². The van der Waals surface area contributed by atoms with Gasteiger partial charge in [0.25, 0.3) is 0 Å². The third-order valence-corrected chi connectivity index (χ3v) is 15.8. The fourth-order valence-corrected chi connectivity index (χ4v) is 11.1. The number of pyridine rings is 1. The zero-order chi connectivity index (χ0) is 49.6. The number of nitrogens with zero attached hydrogens (tertiary/aromatic N) is 5. The molecular weight excluding hydrogens is 915 g/mol. The number of amides is 5. The average Bonchev–Trinajstić information content (AvgIpc) is 3.95. The van der Waals surface area contributed by atoms with Crippen LogP contribution in [0.4, 0.5) is 10.5 Å². The van der Waals surface area contributed by atoms with Crippen LogP contribution >= 0.6 is 11.3 Å². The molecule has 2 aliphatic heterocycles. The monoisotopic (exact) mass is 985 g/mol. The molecule has 2 fully saturated rings. The van der Waals surface area contributed by atoms with Crippen molar-refractivity contribution in [2.24, 2.45) is 5.41 Å². The van der Waals surface area contributed by atoms with E-state index in [1.54, 1.807) is 41.9 Å². The molecule has 16 nitrogen and oxygen atoms in total. The normalized spacial score (nSPS) is 17.8. The minimum atomic E-state index is -3.65. The smallest absolute Gasteiger partial charge is 0.319 e. The molecule has 5 N–H and O–H groups in total. The summed E-state index contributed by atoms with van der Waals surface area (Å²) in [5, 5.41) is 22.2. The topological polar surface area (TPSA) is 206 Å². The third-order valence-electron chi connectivity index (χ3n) is 12.9. The molecule has 2 aromatic carbocycles. The molecule has 4 heterocycles. The van der Waals surface area contributed by atoms with Crippen molar-refractivity contribution in [2.75, 3.05) is 44.6 Å². The number of aromatic nitrogens is 2. The first-order valence-electron chi connectivity index (χ1n) is 24.3. The molecule has 2 aliphatic rings. The van der Waals surface area contributed by atoms with Crippen LogP contribution in [0.15, 0.2) is 83.5 Å². The van der Waals surface area contributed by atoms with E-state index in [2.05, 4.69) is 36.1 Å². The number of hydrogen-bond acceptors (Lipinski definition) is 11. The maximum atomic E-state index is 14.1.